The molecule has 3 aromatic carbocycles. The highest BCUT2D eigenvalue weighted by molar-refractivity contribution is 7.92. The molecule has 0 aliphatic carbocycles. The fourth-order valence-electron chi connectivity index (χ4n) is 4.12. The highest BCUT2D eigenvalue weighted by Crippen LogP contribution is 2.33. The van der Waals surface area contributed by atoms with Crippen LogP contribution in [0, 0.1) is 0 Å². The van der Waals surface area contributed by atoms with Crippen LogP contribution in [0.4, 0.5) is 17.1 Å². The number of carbonyl (C=O) groups excluding carboxylic acids is 2. The number of carbonyl (C=O) groups is 2. The van der Waals surface area contributed by atoms with Gasteiger partial charge in [-0.3, -0.25) is 18.8 Å². The first-order chi connectivity index (χ1) is 15.9. The van der Waals surface area contributed by atoms with Crippen LogP contribution in [0.2, 0.25) is 0 Å². The van der Waals surface area contributed by atoms with Gasteiger partial charge < -0.3 is 5.32 Å². The highest BCUT2D eigenvalue weighted by atomic mass is 32.2. The molecule has 0 saturated carbocycles. The molecular formula is C25H21N3O4S. The number of amides is 2. The number of anilines is 3. The minimum Gasteiger partial charge on any atom is -0.323 e. The fourth-order valence-corrected chi connectivity index (χ4v) is 5.63. The molecule has 0 unspecified atom stereocenters. The molecular weight excluding hydrogens is 438 g/mol. The van der Waals surface area contributed by atoms with Crippen molar-refractivity contribution >= 4 is 45.0 Å². The minimum atomic E-state index is -3.67. The van der Waals surface area contributed by atoms with E-state index in [0.717, 1.165) is 11.3 Å². The Morgan fingerprint density at radius 3 is 2.39 bits per heavy atom. The van der Waals surface area contributed by atoms with E-state index >= 15 is 0 Å². The molecule has 2 aliphatic heterocycles. The van der Waals surface area contributed by atoms with Gasteiger partial charge in [0.1, 0.15) is 6.54 Å². The third-order valence-electron chi connectivity index (χ3n) is 5.77. The van der Waals surface area contributed by atoms with E-state index < -0.39 is 10.0 Å². The van der Waals surface area contributed by atoms with Crippen molar-refractivity contribution in [1.29, 1.82) is 0 Å². The van der Waals surface area contributed by atoms with Crippen LogP contribution in [0.15, 0.2) is 83.8 Å². The smallest absolute Gasteiger partial charge is 0.264 e. The molecule has 166 valence electrons. The van der Waals surface area contributed by atoms with E-state index in [1.807, 2.05) is 24.3 Å². The summed E-state index contributed by atoms with van der Waals surface area (Å²) in [5.41, 5.74) is 3.65. The number of hydrogen-bond donors (Lipinski definition) is 1. The number of rotatable bonds is 4. The molecule has 5 rings (SSSR count). The first-order valence-corrected chi connectivity index (χ1v) is 12.0. The van der Waals surface area contributed by atoms with Gasteiger partial charge in [0.25, 0.3) is 15.9 Å². The molecule has 2 aliphatic rings. The van der Waals surface area contributed by atoms with E-state index in [2.05, 4.69) is 5.32 Å². The third kappa shape index (κ3) is 3.89. The minimum absolute atomic E-state index is 0.0608. The number of nitrogens with zero attached hydrogens (tertiary/aromatic N) is 2. The van der Waals surface area contributed by atoms with Gasteiger partial charge in [-0.05, 0) is 54.0 Å². The monoisotopic (exact) mass is 459 g/mol. The van der Waals surface area contributed by atoms with Crippen LogP contribution in [0.1, 0.15) is 11.1 Å². The lowest BCUT2D eigenvalue weighted by atomic mass is 10.1. The van der Waals surface area contributed by atoms with Crippen molar-refractivity contribution in [3.05, 3.63) is 90.0 Å². The lowest BCUT2D eigenvalue weighted by Gasteiger charge is -2.28. The van der Waals surface area contributed by atoms with E-state index in [-0.39, 0.29) is 23.3 Å². The molecule has 8 heteroatoms. The number of nitrogens with one attached hydrogen (secondary N) is 1. The van der Waals surface area contributed by atoms with Crippen molar-refractivity contribution < 1.29 is 18.0 Å². The fraction of sp³-hybridized carbons (Fsp3) is 0.120. The van der Waals surface area contributed by atoms with Crippen LogP contribution in [-0.4, -0.2) is 33.3 Å². The van der Waals surface area contributed by atoms with E-state index in [0.29, 0.717) is 29.9 Å². The average molecular weight is 460 g/mol. The van der Waals surface area contributed by atoms with Crippen molar-refractivity contribution in [3.8, 4) is 0 Å². The lowest BCUT2D eigenvalue weighted by molar-refractivity contribution is -0.119. The van der Waals surface area contributed by atoms with Crippen LogP contribution in [0.3, 0.4) is 0 Å². The van der Waals surface area contributed by atoms with Crippen molar-refractivity contribution in [1.82, 2.24) is 0 Å². The van der Waals surface area contributed by atoms with Crippen molar-refractivity contribution in [3.63, 3.8) is 0 Å². The maximum absolute atomic E-state index is 13.1. The molecule has 0 bridgehead atoms. The number of sulfonamides is 1. The van der Waals surface area contributed by atoms with E-state index in [1.54, 1.807) is 54.6 Å². The molecule has 0 saturated heterocycles. The van der Waals surface area contributed by atoms with Gasteiger partial charge in [0.2, 0.25) is 5.91 Å². The highest BCUT2D eigenvalue weighted by Gasteiger charge is 2.30. The molecule has 0 aromatic heterocycles. The Morgan fingerprint density at radius 1 is 0.909 bits per heavy atom. The predicted octanol–water partition coefficient (Wildman–Crippen LogP) is 3.44. The molecule has 2 amide bonds. The van der Waals surface area contributed by atoms with Gasteiger partial charge in [0.05, 0.1) is 22.0 Å². The molecule has 2 heterocycles. The van der Waals surface area contributed by atoms with Crippen LogP contribution < -0.4 is 14.5 Å². The number of hydrogen-bond acceptors (Lipinski definition) is 4. The van der Waals surface area contributed by atoms with E-state index in [1.165, 1.54) is 15.3 Å². The Hall–Kier alpha value is -3.91. The van der Waals surface area contributed by atoms with Gasteiger partial charge >= 0.3 is 0 Å². The Morgan fingerprint density at radius 2 is 1.61 bits per heavy atom. The second-order valence-electron chi connectivity index (χ2n) is 7.85. The summed E-state index contributed by atoms with van der Waals surface area (Å²) < 4.78 is 27.7. The zero-order valence-electron chi connectivity index (χ0n) is 17.6. The SMILES string of the molecule is O=C1CN(C(=O)C=Cc2ccc(S(=O)(=O)N3CCc4ccccc43)cc2)c2ccccc2N1. The van der Waals surface area contributed by atoms with Crippen molar-refractivity contribution in [2.24, 2.45) is 0 Å². The summed E-state index contributed by atoms with van der Waals surface area (Å²) in [7, 11) is -3.67. The van der Waals surface area contributed by atoms with Crippen LogP contribution in [0.25, 0.3) is 6.08 Å². The maximum Gasteiger partial charge on any atom is 0.264 e. The van der Waals surface area contributed by atoms with Gasteiger partial charge in [0, 0.05) is 12.6 Å². The second-order valence-corrected chi connectivity index (χ2v) is 9.71. The van der Waals surface area contributed by atoms with Gasteiger partial charge in [-0.2, -0.15) is 0 Å². The summed E-state index contributed by atoms with van der Waals surface area (Å²) in [6, 6.07) is 21.0. The molecule has 0 atom stereocenters. The number of fused-ring (bicyclic) bond motifs is 2. The second kappa shape index (κ2) is 8.22. The van der Waals surface area contributed by atoms with E-state index in [4.69, 9.17) is 0 Å². The van der Waals surface area contributed by atoms with Gasteiger partial charge in [0.15, 0.2) is 0 Å². The quantitative estimate of drug-likeness (QED) is 0.606. The number of para-hydroxylation sites is 3. The molecule has 7 nitrogen and oxygen atoms in total. The number of benzene rings is 3. The first kappa shape index (κ1) is 21.0. The van der Waals surface area contributed by atoms with Gasteiger partial charge in [-0.25, -0.2) is 8.42 Å². The summed E-state index contributed by atoms with van der Waals surface area (Å²) >= 11 is 0. The molecule has 0 fully saturated rings. The lowest BCUT2D eigenvalue weighted by Crippen LogP contribution is -2.41. The molecule has 3 aromatic rings. The summed E-state index contributed by atoms with van der Waals surface area (Å²) in [5, 5.41) is 2.75. The van der Waals surface area contributed by atoms with Gasteiger partial charge in [-0.1, -0.05) is 42.5 Å². The standard InChI is InChI=1S/C25H21N3O4S/c29-24-17-27(23-8-4-2-6-21(23)26-24)25(30)14-11-18-9-12-20(13-10-18)33(31,32)28-16-15-19-5-1-3-7-22(19)28/h1-14H,15-17H2,(H,26,29). The largest absolute Gasteiger partial charge is 0.323 e. The molecule has 0 spiro atoms. The summed E-state index contributed by atoms with van der Waals surface area (Å²) in [4.78, 5) is 26.3. The Kier molecular flexibility index (Phi) is 5.22. The van der Waals surface area contributed by atoms with Gasteiger partial charge in [-0.15, -0.1) is 0 Å². The van der Waals surface area contributed by atoms with Crippen LogP contribution >= 0.6 is 0 Å². The zero-order chi connectivity index (χ0) is 23.0. The van der Waals surface area contributed by atoms with E-state index in [9.17, 15) is 18.0 Å². The topological polar surface area (TPSA) is 86.8 Å². The third-order valence-corrected chi connectivity index (χ3v) is 7.60. The van der Waals surface area contributed by atoms with Crippen molar-refractivity contribution in [2.45, 2.75) is 11.3 Å². The maximum atomic E-state index is 13.1. The summed E-state index contributed by atoms with van der Waals surface area (Å²) in [6.45, 7) is 0.359. The average Bonchev–Trinajstić information content (AvgIpc) is 3.27. The van der Waals surface area contributed by atoms with Crippen LogP contribution in [0.5, 0.6) is 0 Å². The first-order valence-electron chi connectivity index (χ1n) is 10.5. The van der Waals surface area contributed by atoms with Crippen molar-refractivity contribution in [2.75, 3.05) is 27.6 Å². The molecule has 33 heavy (non-hydrogen) atoms. The Balaban J connectivity index is 1.34. The molecule has 0 radical (unpaired) electrons. The summed E-state index contributed by atoms with van der Waals surface area (Å²) in [5.74, 6) is -0.587. The Bertz CT molecular complexity index is 1380. The predicted molar refractivity (Wildman–Crippen MR) is 128 cm³/mol. The summed E-state index contributed by atoms with van der Waals surface area (Å²) in [6.07, 6.45) is 3.69. The zero-order valence-corrected chi connectivity index (χ0v) is 18.5. The molecule has 1 N–H and O–H groups in total. The Labute approximate surface area is 192 Å². The van der Waals surface area contributed by atoms with Crippen LogP contribution in [-0.2, 0) is 26.0 Å². The normalized spacial score (nSPS) is 15.3.